The lowest BCUT2D eigenvalue weighted by Gasteiger charge is -2.40. The maximum atomic E-state index is 13.0. The molecule has 5 N–H and O–H groups in total. The number of phenols is 1. The SMILES string of the molecule is Cc1cc(Cl)c(O)c2c(=O)c3cc(Cl)n([C@H]4O[C@@H](CO)[C@H](O)[C@@H](O)[C@@H]4O)c3oc12. The molecule has 1 aliphatic heterocycles. The molecule has 1 aliphatic rings. The summed E-state index contributed by atoms with van der Waals surface area (Å²) in [7, 11) is 0. The lowest BCUT2D eigenvalue weighted by molar-refractivity contribution is -0.250. The average molecular weight is 446 g/mol. The van der Waals surface area contributed by atoms with Crippen molar-refractivity contribution in [1.82, 2.24) is 4.57 Å². The normalized spacial score (nSPS) is 27.8. The van der Waals surface area contributed by atoms with E-state index in [0.29, 0.717) is 5.56 Å². The van der Waals surface area contributed by atoms with Crippen molar-refractivity contribution in [3.8, 4) is 5.75 Å². The van der Waals surface area contributed by atoms with Gasteiger partial charge in [-0.05, 0) is 24.6 Å². The first-order valence-electron chi connectivity index (χ1n) is 8.63. The summed E-state index contributed by atoms with van der Waals surface area (Å²) in [4.78, 5) is 13.0. The predicted molar refractivity (Wildman–Crippen MR) is 103 cm³/mol. The average Bonchev–Trinajstić information content (AvgIpc) is 3.01. The van der Waals surface area contributed by atoms with Gasteiger partial charge in [-0.15, -0.1) is 0 Å². The van der Waals surface area contributed by atoms with Gasteiger partial charge < -0.3 is 34.7 Å². The maximum absolute atomic E-state index is 13.0. The Labute approximate surface area is 172 Å². The fourth-order valence-corrected chi connectivity index (χ4v) is 4.14. The first-order chi connectivity index (χ1) is 13.7. The molecule has 0 radical (unpaired) electrons. The molecule has 5 atom stereocenters. The van der Waals surface area contributed by atoms with Crippen molar-refractivity contribution in [3.63, 3.8) is 0 Å². The Balaban J connectivity index is 2.00. The Kier molecular flexibility index (Phi) is 5.02. The van der Waals surface area contributed by atoms with Crippen LogP contribution in [0.2, 0.25) is 10.2 Å². The van der Waals surface area contributed by atoms with Crippen molar-refractivity contribution >= 4 is 45.3 Å². The van der Waals surface area contributed by atoms with Crippen LogP contribution in [-0.2, 0) is 4.74 Å². The van der Waals surface area contributed by atoms with E-state index in [2.05, 4.69) is 0 Å². The molecule has 0 spiro atoms. The van der Waals surface area contributed by atoms with Gasteiger partial charge in [0.05, 0.1) is 17.0 Å². The Morgan fingerprint density at radius 3 is 2.48 bits per heavy atom. The Morgan fingerprint density at radius 2 is 1.83 bits per heavy atom. The van der Waals surface area contributed by atoms with Crippen LogP contribution >= 0.6 is 23.2 Å². The molecule has 0 saturated carbocycles. The first kappa shape index (κ1) is 20.4. The highest BCUT2D eigenvalue weighted by Gasteiger charge is 2.45. The fourth-order valence-electron chi connectivity index (χ4n) is 3.60. The molecule has 1 saturated heterocycles. The second-order valence-electron chi connectivity index (χ2n) is 6.93. The van der Waals surface area contributed by atoms with Crippen LogP contribution in [0.15, 0.2) is 21.3 Å². The zero-order chi connectivity index (χ0) is 21.2. The number of rotatable bonds is 2. The van der Waals surface area contributed by atoms with E-state index in [1.54, 1.807) is 6.92 Å². The van der Waals surface area contributed by atoms with Crippen molar-refractivity contribution in [2.75, 3.05) is 6.61 Å². The summed E-state index contributed by atoms with van der Waals surface area (Å²) in [5.74, 6) is -0.431. The van der Waals surface area contributed by atoms with Crippen molar-refractivity contribution in [1.29, 1.82) is 0 Å². The maximum Gasteiger partial charge on any atom is 0.214 e. The summed E-state index contributed by atoms with van der Waals surface area (Å²) in [5, 5.41) is 49.9. The topological polar surface area (TPSA) is 146 Å². The van der Waals surface area contributed by atoms with Crippen LogP contribution in [0.25, 0.3) is 22.1 Å². The van der Waals surface area contributed by atoms with Crippen molar-refractivity contribution in [3.05, 3.63) is 38.1 Å². The van der Waals surface area contributed by atoms with Crippen LogP contribution in [0, 0.1) is 6.92 Å². The molecule has 3 heterocycles. The Bertz CT molecular complexity index is 1170. The van der Waals surface area contributed by atoms with E-state index in [9.17, 15) is 30.3 Å². The number of benzene rings is 1. The number of aromatic hydroxyl groups is 1. The number of halogens is 2. The Morgan fingerprint density at radius 1 is 1.14 bits per heavy atom. The van der Waals surface area contributed by atoms with E-state index in [-0.39, 0.29) is 32.2 Å². The van der Waals surface area contributed by atoms with Crippen molar-refractivity contribution in [2.45, 2.75) is 37.6 Å². The largest absolute Gasteiger partial charge is 0.505 e. The molecule has 2 aromatic heterocycles. The minimum atomic E-state index is -1.64. The van der Waals surface area contributed by atoms with E-state index >= 15 is 0 Å². The van der Waals surface area contributed by atoms with Gasteiger partial charge in [0.25, 0.3) is 0 Å². The zero-order valence-electron chi connectivity index (χ0n) is 14.9. The monoisotopic (exact) mass is 445 g/mol. The van der Waals surface area contributed by atoms with Gasteiger partial charge >= 0.3 is 0 Å². The predicted octanol–water partition coefficient (Wildman–Crippen LogP) is 1.04. The summed E-state index contributed by atoms with van der Waals surface area (Å²) in [5.41, 5.74) is -0.152. The number of aliphatic hydroxyl groups excluding tert-OH is 4. The number of hydrogen-bond acceptors (Lipinski definition) is 8. The van der Waals surface area contributed by atoms with Crippen LogP contribution < -0.4 is 5.43 Å². The lowest BCUT2D eigenvalue weighted by atomic mass is 9.98. The molecule has 11 heteroatoms. The second kappa shape index (κ2) is 7.13. The number of fused-ring (bicyclic) bond motifs is 2. The van der Waals surface area contributed by atoms with Gasteiger partial charge in [0.15, 0.2) is 6.23 Å². The summed E-state index contributed by atoms with van der Waals surface area (Å²) in [6, 6.07) is 2.69. The van der Waals surface area contributed by atoms with Crippen LogP contribution in [-0.4, -0.2) is 61.1 Å². The van der Waals surface area contributed by atoms with Crippen molar-refractivity contribution < 1.29 is 34.7 Å². The van der Waals surface area contributed by atoms with Crippen molar-refractivity contribution in [2.24, 2.45) is 0 Å². The first-order valence-corrected chi connectivity index (χ1v) is 9.38. The van der Waals surface area contributed by atoms with Gasteiger partial charge in [-0.1, -0.05) is 23.2 Å². The third-order valence-electron chi connectivity index (χ3n) is 5.13. The van der Waals surface area contributed by atoms with Gasteiger partial charge in [0.2, 0.25) is 11.1 Å². The molecule has 0 unspecified atom stereocenters. The van der Waals surface area contributed by atoms with Gasteiger partial charge in [-0.25, -0.2) is 0 Å². The zero-order valence-corrected chi connectivity index (χ0v) is 16.4. The van der Waals surface area contributed by atoms with E-state index in [4.69, 9.17) is 32.4 Å². The Hall–Kier alpha value is -1.85. The molecular weight excluding hydrogens is 429 g/mol. The van der Waals surface area contributed by atoms with Crippen LogP contribution in [0.5, 0.6) is 5.75 Å². The van der Waals surface area contributed by atoms with E-state index in [1.807, 2.05) is 0 Å². The number of aliphatic hydroxyl groups is 4. The lowest BCUT2D eigenvalue weighted by Crippen LogP contribution is -2.56. The fraction of sp³-hybridized carbons (Fsp3) is 0.389. The molecule has 1 aromatic carbocycles. The highest BCUT2D eigenvalue weighted by molar-refractivity contribution is 6.33. The molecule has 0 amide bonds. The van der Waals surface area contributed by atoms with Gasteiger partial charge in [-0.3, -0.25) is 9.36 Å². The standard InChI is InChI=1S/C18H17Cl2NO8/c1-5-2-7(19)12(24)10-11(23)6-3-9(20)21(17(6)29-16(5)10)18-15(27)14(26)13(25)8(4-22)28-18/h2-3,8,13-15,18,22,24-27H,4H2,1H3/t8-,13-,14+,15-,18-/m0/s1. The quantitative estimate of drug-likeness (QED) is 0.393. The molecule has 9 nitrogen and oxygen atoms in total. The number of aromatic nitrogens is 1. The minimum absolute atomic E-state index is 0.0129. The summed E-state index contributed by atoms with van der Waals surface area (Å²) >= 11 is 12.2. The highest BCUT2D eigenvalue weighted by atomic mass is 35.5. The molecule has 156 valence electrons. The number of aryl methyl sites for hydroxylation is 1. The van der Waals surface area contributed by atoms with Crippen LogP contribution in [0.1, 0.15) is 11.8 Å². The summed E-state index contributed by atoms with van der Waals surface area (Å²) in [6.07, 6.45) is -7.38. The molecule has 29 heavy (non-hydrogen) atoms. The molecule has 4 rings (SSSR count). The second-order valence-corrected chi connectivity index (χ2v) is 7.73. The van der Waals surface area contributed by atoms with Crippen LogP contribution in [0.4, 0.5) is 0 Å². The smallest absolute Gasteiger partial charge is 0.214 e. The number of phenolic OH excluding ortho intramolecular Hbond substituents is 1. The molecule has 0 bridgehead atoms. The van der Waals surface area contributed by atoms with Crippen LogP contribution in [0.3, 0.4) is 0 Å². The molecular formula is C18H17Cl2NO8. The summed E-state index contributed by atoms with van der Waals surface area (Å²) < 4.78 is 12.5. The third-order valence-corrected chi connectivity index (χ3v) is 5.71. The third kappa shape index (κ3) is 2.93. The number of nitrogens with zero attached hydrogens (tertiary/aromatic N) is 1. The number of hydrogen-bond donors (Lipinski definition) is 5. The molecule has 1 fully saturated rings. The summed E-state index contributed by atoms with van der Waals surface area (Å²) in [6.45, 7) is 1.00. The van der Waals surface area contributed by atoms with E-state index in [1.165, 1.54) is 12.1 Å². The number of ether oxygens (including phenoxy) is 1. The van der Waals surface area contributed by atoms with Gasteiger partial charge in [0, 0.05) is 0 Å². The van der Waals surface area contributed by atoms with E-state index in [0.717, 1.165) is 4.57 Å². The highest BCUT2D eigenvalue weighted by Crippen LogP contribution is 2.38. The van der Waals surface area contributed by atoms with Gasteiger partial charge in [0.1, 0.15) is 46.3 Å². The molecule has 3 aromatic rings. The van der Waals surface area contributed by atoms with E-state index < -0.39 is 48.4 Å². The van der Waals surface area contributed by atoms with Gasteiger partial charge in [-0.2, -0.15) is 0 Å². The minimum Gasteiger partial charge on any atom is -0.505 e. The molecule has 0 aliphatic carbocycles.